The standard InChI is InChI=1S/C18H27N3O.ClH/c1-18(19,15-8-4-3-5-9-15)17(22)21-12-10-16-14(13-21)7-6-11-20(16)2;/h3-5,8-9,14,16H,6-7,10-13,19H2,1-2H3;1H. The van der Waals surface area contributed by atoms with Crippen molar-refractivity contribution in [2.24, 2.45) is 11.7 Å². The first-order chi connectivity index (χ1) is 10.5. The Morgan fingerprint density at radius 1 is 1.22 bits per heavy atom. The van der Waals surface area contributed by atoms with E-state index in [1.54, 1.807) is 0 Å². The van der Waals surface area contributed by atoms with Gasteiger partial charge in [0.2, 0.25) is 5.91 Å². The molecule has 0 aliphatic carbocycles. The molecule has 0 bridgehead atoms. The molecule has 3 atom stereocenters. The second kappa shape index (κ2) is 7.20. The Hall–Kier alpha value is -1.10. The van der Waals surface area contributed by atoms with E-state index in [-0.39, 0.29) is 18.3 Å². The number of rotatable bonds is 2. The highest BCUT2D eigenvalue weighted by molar-refractivity contribution is 5.87. The molecule has 1 amide bonds. The van der Waals surface area contributed by atoms with Crippen molar-refractivity contribution in [2.75, 3.05) is 26.7 Å². The van der Waals surface area contributed by atoms with Gasteiger partial charge in [-0.05, 0) is 51.3 Å². The Balaban J connectivity index is 0.00000192. The van der Waals surface area contributed by atoms with Gasteiger partial charge in [-0.3, -0.25) is 4.79 Å². The van der Waals surface area contributed by atoms with Crippen molar-refractivity contribution in [3.8, 4) is 0 Å². The lowest BCUT2D eigenvalue weighted by molar-refractivity contribution is -0.140. The second-order valence-corrected chi connectivity index (χ2v) is 7.06. The van der Waals surface area contributed by atoms with E-state index in [4.69, 9.17) is 5.73 Å². The summed E-state index contributed by atoms with van der Waals surface area (Å²) in [4.78, 5) is 17.4. The van der Waals surface area contributed by atoms with Crippen LogP contribution in [0.5, 0.6) is 0 Å². The maximum atomic E-state index is 13.0. The molecule has 0 radical (unpaired) electrons. The summed E-state index contributed by atoms with van der Waals surface area (Å²) in [5, 5.41) is 0. The number of hydrogen-bond donors (Lipinski definition) is 1. The zero-order valence-electron chi connectivity index (χ0n) is 14.1. The number of nitrogens with two attached hydrogens (primary N) is 1. The molecule has 0 aromatic heterocycles. The molecule has 1 aromatic carbocycles. The zero-order chi connectivity index (χ0) is 15.7. The average Bonchev–Trinajstić information content (AvgIpc) is 2.55. The molecule has 0 saturated carbocycles. The molecule has 5 heteroatoms. The molecule has 23 heavy (non-hydrogen) atoms. The molecule has 2 N–H and O–H groups in total. The lowest BCUT2D eigenvalue weighted by atomic mass is 9.83. The van der Waals surface area contributed by atoms with E-state index in [9.17, 15) is 4.79 Å². The number of halogens is 1. The minimum absolute atomic E-state index is 0. The molecule has 2 aliphatic rings. The van der Waals surface area contributed by atoms with E-state index in [1.807, 2.05) is 42.2 Å². The normalized spacial score (nSPS) is 27.5. The number of carbonyl (C=O) groups is 1. The van der Waals surface area contributed by atoms with Gasteiger partial charge in [-0.2, -0.15) is 0 Å². The molecule has 2 aliphatic heterocycles. The van der Waals surface area contributed by atoms with Crippen molar-refractivity contribution in [2.45, 2.75) is 37.8 Å². The van der Waals surface area contributed by atoms with Crippen molar-refractivity contribution < 1.29 is 4.79 Å². The molecule has 2 heterocycles. The van der Waals surface area contributed by atoms with Gasteiger partial charge in [0.25, 0.3) is 0 Å². The number of hydrogen-bond acceptors (Lipinski definition) is 3. The second-order valence-electron chi connectivity index (χ2n) is 7.06. The van der Waals surface area contributed by atoms with Crippen molar-refractivity contribution in [3.63, 3.8) is 0 Å². The van der Waals surface area contributed by atoms with Gasteiger partial charge >= 0.3 is 0 Å². The molecule has 128 valence electrons. The highest BCUT2D eigenvalue weighted by Crippen LogP contribution is 2.31. The summed E-state index contributed by atoms with van der Waals surface area (Å²) in [6.45, 7) is 4.70. The van der Waals surface area contributed by atoms with Gasteiger partial charge in [0.1, 0.15) is 5.54 Å². The Morgan fingerprint density at radius 3 is 2.61 bits per heavy atom. The van der Waals surface area contributed by atoms with Gasteiger partial charge in [-0.1, -0.05) is 30.3 Å². The number of amides is 1. The number of carbonyl (C=O) groups excluding carboxylic acids is 1. The first-order valence-corrected chi connectivity index (χ1v) is 8.34. The first-order valence-electron chi connectivity index (χ1n) is 8.34. The van der Waals surface area contributed by atoms with Crippen molar-refractivity contribution in [1.82, 2.24) is 9.80 Å². The van der Waals surface area contributed by atoms with Crippen LogP contribution in [0.2, 0.25) is 0 Å². The van der Waals surface area contributed by atoms with Crippen LogP contribution in [-0.4, -0.2) is 48.4 Å². The third kappa shape index (κ3) is 3.54. The third-order valence-corrected chi connectivity index (χ3v) is 5.45. The van der Waals surface area contributed by atoms with Crippen LogP contribution in [0, 0.1) is 5.92 Å². The van der Waals surface area contributed by atoms with Gasteiger partial charge in [0.15, 0.2) is 0 Å². The lowest BCUT2D eigenvalue weighted by Gasteiger charge is -2.47. The highest BCUT2D eigenvalue weighted by atomic mass is 35.5. The number of likely N-dealkylation sites (tertiary alicyclic amines) is 2. The Labute approximate surface area is 145 Å². The van der Waals surface area contributed by atoms with E-state index in [0.29, 0.717) is 12.0 Å². The Morgan fingerprint density at radius 2 is 1.91 bits per heavy atom. The van der Waals surface area contributed by atoms with Crippen LogP contribution >= 0.6 is 12.4 Å². The zero-order valence-corrected chi connectivity index (χ0v) is 14.9. The van der Waals surface area contributed by atoms with Crippen molar-refractivity contribution in [1.29, 1.82) is 0 Å². The van der Waals surface area contributed by atoms with E-state index < -0.39 is 5.54 Å². The van der Waals surface area contributed by atoms with Crippen LogP contribution in [0.25, 0.3) is 0 Å². The fourth-order valence-corrected chi connectivity index (χ4v) is 4.07. The Bertz CT molecular complexity index is 534. The van der Waals surface area contributed by atoms with Crippen LogP contribution in [0.15, 0.2) is 30.3 Å². The van der Waals surface area contributed by atoms with Crippen LogP contribution < -0.4 is 5.73 Å². The molecule has 1 aromatic rings. The van der Waals surface area contributed by atoms with Crippen LogP contribution in [0.1, 0.15) is 31.7 Å². The fourth-order valence-electron chi connectivity index (χ4n) is 4.07. The van der Waals surface area contributed by atoms with Crippen molar-refractivity contribution >= 4 is 18.3 Å². The van der Waals surface area contributed by atoms with E-state index in [1.165, 1.54) is 19.4 Å². The fraction of sp³-hybridized carbons (Fsp3) is 0.611. The topological polar surface area (TPSA) is 49.6 Å². The van der Waals surface area contributed by atoms with Gasteiger partial charge in [0.05, 0.1) is 0 Å². The maximum Gasteiger partial charge on any atom is 0.246 e. The van der Waals surface area contributed by atoms with E-state index >= 15 is 0 Å². The summed E-state index contributed by atoms with van der Waals surface area (Å²) in [5.41, 5.74) is 6.36. The van der Waals surface area contributed by atoms with Gasteiger partial charge < -0.3 is 15.5 Å². The number of piperidine rings is 2. The molecule has 4 nitrogen and oxygen atoms in total. The summed E-state index contributed by atoms with van der Waals surface area (Å²) >= 11 is 0. The molecule has 0 spiro atoms. The lowest BCUT2D eigenvalue weighted by Crippen LogP contribution is -2.58. The monoisotopic (exact) mass is 337 g/mol. The summed E-state index contributed by atoms with van der Waals surface area (Å²) in [6.07, 6.45) is 3.53. The predicted octanol–water partition coefficient (Wildman–Crippen LogP) is 2.23. The largest absolute Gasteiger partial charge is 0.340 e. The molecule has 3 rings (SSSR count). The number of nitrogens with zero attached hydrogens (tertiary/aromatic N) is 2. The molecule has 2 fully saturated rings. The molecular formula is C18H28ClN3O. The van der Waals surface area contributed by atoms with Gasteiger partial charge in [-0.25, -0.2) is 0 Å². The first kappa shape index (κ1) is 18.2. The van der Waals surface area contributed by atoms with Crippen LogP contribution in [0.4, 0.5) is 0 Å². The number of fused-ring (bicyclic) bond motifs is 1. The molecular weight excluding hydrogens is 310 g/mol. The summed E-state index contributed by atoms with van der Waals surface area (Å²) in [5.74, 6) is 0.661. The summed E-state index contributed by atoms with van der Waals surface area (Å²) in [6, 6.07) is 10.4. The average molecular weight is 338 g/mol. The van der Waals surface area contributed by atoms with Gasteiger partial charge in [0, 0.05) is 19.1 Å². The maximum absolute atomic E-state index is 13.0. The summed E-state index contributed by atoms with van der Waals surface area (Å²) < 4.78 is 0. The highest BCUT2D eigenvalue weighted by Gasteiger charge is 2.40. The SMILES string of the molecule is CN1CCCC2CN(C(=O)C(C)(N)c3ccccc3)CCC21.Cl. The summed E-state index contributed by atoms with van der Waals surface area (Å²) in [7, 11) is 2.21. The Kier molecular flexibility index (Phi) is 5.71. The quantitative estimate of drug-likeness (QED) is 0.900. The molecule has 2 saturated heterocycles. The smallest absolute Gasteiger partial charge is 0.246 e. The molecule has 3 unspecified atom stereocenters. The predicted molar refractivity (Wildman–Crippen MR) is 95.6 cm³/mol. The van der Waals surface area contributed by atoms with Crippen LogP contribution in [0.3, 0.4) is 0 Å². The van der Waals surface area contributed by atoms with E-state index in [0.717, 1.165) is 25.1 Å². The number of benzene rings is 1. The third-order valence-electron chi connectivity index (χ3n) is 5.45. The van der Waals surface area contributed by atoms with E-state index in [2.05, 4.69) is 11.9 Å². The minimum Gasteiger partial charge on any atom is -0.340 e. The van der Waals surface area contributed by atoms with Crippen molar-refractivity contribution in [3.05, 3.63) is 35.9 Å². The minimum atomic E-state index is -0.936. The van der Waals surface area contributed by atoms with Crippen LogP contribution in [-0.2, 0) is 10.3 Å². The van der Waals surface area contributed by atoms with Gasteiger partial charge in [-0.15, -0.1) is 12.4 Å².